The van der Waals surface area contributed by atoms with E-state index in [1.807, 2.05) is 83.8 Å². The maximum Gasteiger partial charge on any atom is 0.267 e. The Morgan fingerprint density at radius 2 is 1.61 bits per heavy atom. The first kappa shape index (κ1) is 23.5. The Morgan fingerprint density at radius 1 is 0.889 bits per heavy atom. The summed E-state index contributed by atoms with van der Waals surface area (Å²) in [6.07, 6.45) is 2.04. The zero-order chi connectivity index (χ0) is 25.1. The molecule has 6 heteroatoms. The van der Waals surface area contributed by atoms with Gasteiger partial charge in [-0.2, -0.15) is 5.10 Å². The highest BCUT2D eigenvalue weighted by Gasteiger charge is 2.22. The molecule has 2 heterocycles. The SMILES string of the molecule is CC1CCN(C(=O)c2cccc(-c3cc(=O)n(C)nc3-c3ccccc3Oc3ccccc3)c2)CC1. The lowest BCUT2D eigenvalue weighted by Crippen LogP contribution is -2.37. The van der Waals surface area contributed by atoms with E-state index in [2.05, 4.69) is 12.0 Å². The molecule has 0 bridgehead atoms. The third-order valence-corrected chi connectivity index (χ3v) is 6.70. The molecule has 0 aliphatic carbocycles. The van der Waals surface area contributed by atoms with E-state index in [4.69, 9.17) is 4.74 Å². The third-order valence-electron chi connectivity index (χ3n) is 6.70. The first-order valence-electron chi connectivity index (χ1n) is 12.3. The first-order valence-corrected chi connectivity index (χ1v) is 12.3. The van der Waals surface area contributed by atoms with Gasteiger partial charge < -0.3 is 9.64 Å². The molecule has 1 aliphatic rings. The lowest BCUT2D eigenvalue weighted by molar-refractivity contribution is 0.0697. The predicted octanol–water partition coefficient (Wildman–Crippen LogP) is 5.78. The van der Waals surface area contributed by atoms with Gasteiger partial charge in [0.15, 0.2) is 0 Å². The van der Waals surface area contributed by atoms with Crippen molar-refractivity contribution in [1.29, 1.82) is 0 Å². The molecule has 36 heavy (non-hydrogen) atoms. The average Bonchev–Trinajstić information content (AvgIpc) is 2.91. The van der Waals surface area contributed by atoms with Gasteiger partial charge >= 0.3 is 0 Å². The molecule has 1 fully saturated rings. The summed E-state index contributed by atoms with van der Waals surface area (Å²) in [6.45, 7) is 3.77. The lowest BCUT2D eigenvalue weighted by Gasteiger charge is -2.30. The van der Waals surface area contributed by atoms with Gasteiger partial charge in [0.05, 0.1) is 0 Å². The molecular weight excluding hydrogens is 450 g/mol. The fourth-order valence-electron chi connectivity index (χ4n) is 4.54. The maximum absolute atomic E-state index is 13.2. The van der Waals surface area contributed by atoms with Crippen molar-refractivity contribution in [3.63, 3.8) is 0 Å². The number of carbonyl (C=O) groups is 1. The monoisotopic (exact) mass is 479 g/mol. The van der Waals surface area contributed by atoms with Crippen molar-refractivity contribution in [3.05, 3.63) is 101 Å². The summed E-state index contributed by atoms with van der Waals surface area (Å²) in [5.41, 5.74) is 3.18. The molecule has 0 saturated carbocycles. The van der Waals surface area contributed by atoms with Crippen LogP contribution in [0.5, 0.6) is 11.5 Å². The summed E-state index contributed by atoms with van der Waals surface area (Å²) < 4.78 is 7.51. The second-order valence-electron chi connectivity index (χ2n) is 9.34. The van der Waals surface area contributed by atoms with Gasteiger partial charge in [-0.25, -0.2) is 4.68 Å². The minimum atomic E-state index is -0.225. The Labute approximate surface area is 210 Å². The number of amides is 1. The number of carbonyl (C=O) groups excluding carboxylic acids is 1. The molecule has 6 nitrogen and oxygen atoms in total. The van der Waals surface area contributed by atoms with Crippen molar-refractivity contribution < 1.29 is 9.53 Å². The van der Waals surface area contributed by atoms with E-state index in [9.17, 15) is 9.59 Å². The molecule has 0 radical (unpaired) electrons. The van der Waals surface area contributed by atoms with Crippen LogP contribution in [0.25, 0.3) is 22.4 Å². The average molecular weight is 480 g/mol. The minimum Gasteiger partial charge on any atom is -0.457 e. The van der Waals surface area contributed by atoms with Crippen LogP contribution >= 0.6 is 0 Å². The summed E-state index contributed by atoms with van der Waals surface area (Å²) in [5, 5.41) is 4.62. The van der Waals surface area contributed by atoms with Gasteiger partial charge in [-0.15, -0.1) is 0 Å². The number of aromatic nitrogens is 2. The van der Waals surface area contributed by atoms with Gasteiger partial charge in [-0.05, 0) is 60.7 Å². The van der Waals surface area contributed by atoms with Crippen LogP contribution in [-0.2, 0) is 7.05 Å². The first-order chi connectivity index (χ1) is 17.5. The number of para-hydroxylation sites is 2. The number of nitrogens with zero attached hydrogens (tertiary/aromatic N) is 3. The summed E-state index contributed by atoms with van der Waals surface area (Å²) >= 11 is 0. The Balaban J connectivity index is 1.56. The summed E-state index contributed by atoms with van der Waals surface area (Å²) in [4.78, 5) is 27.8. The fourth-order valence-corrected chi connectivity index (χ4v) is 4.54. The molecule has 1 saturated heterocycles. The number of hydrogen-bond donors (Lipinski definition) is 0. The molecule has 0 atom stereocenters. The van der Waals surface area contributed by atoms with E-state index in [0.29, 0.717) is 34.2 Å². The van der Waals surface area contributed by atoms with Crippen LogP contribution in [0.15, 0.2) is 89.7 Å². The van der Waals surface area contributed by atoms with E-state index < -0.39 is 0 Å². The van der Waals surface area contributed by atoms with Gasteiger partial charge in [-0.3, -0.25) is 9.59 Å². The molecule has 3 aromatic carbocycles. The second kappa shape index (κ2) is 10.2. The number of hydrogen-bond acceptors (Lipinski definition) is 4. The van der Waals surface area contributed by atoms with Crippen LogP contribution in [0.2, 0.25) is 0 Å². The van der Waals surface area contributed by atoms with Crippen molar-refractivity contribution in [2.24, 2.45) is 13.0 Å². The molecule has 5 rings (SSSR count). The Morgan fingerprint density at radius 3 is 2.39 bits per heavy atom. The van der Waals surface area contributed by atoms with E-state index in [-0.39, 0.29) is 11.5 Å². The number of likely N-dealkylation sites (tertiary alicyclic amines) is 1. The molecule has 0 spiro atoms. The highest BCUT2D eigenvalue weighted by molar-refractivity contribution is 5.96. The second-order valence-corrected chi connectivity index (χ2v) is 9.34. The molecule has 0 unspecified atom stereocenters. The Bertz CT molecular complexity index is 1440. The number of rotatable bonds is 5. The van der Waals surface area contributed by atoms with Crippen LogP contribution in [-0.4, -0.2) is 33.7 Å². The molecule has 0 N–H and O–H groups in total. The quantitative estimate of drug-likeness (QED) is 0.364. The van der Waals surface area contributed by atoms with Crippen molar-refractivity contribution in [1.82, 2.24) is 14.7 Å². The smallest absolute Gasteiger partial charge is 0.267 e. The van der Waals surface area contributed by atoms with Gasteiger partial charge in [0, 0.05) is 42.9 Å². The number of piperidine rings is 1. The summed E-state index contributed by atoms with van der Waals surface area (Å²) in [5.74, 6) is 2.01. The Kier molecular flexibility index (Phi) is 6.67. The van der Waals surface area contributed by atoms with Crippen LogP contribution in [0.3, 0.4) is 0 Å². The van der Waals surface area contributed by atoms with E-state index in [1.54, 1.807) is 13.1 Å². The van der Waals surface area contributed by atoms with E-state index >= 15 is 0 Å². The van der Waals surface area contributed by atoms with Gasteiger partial charge in [0.2, 0.25) is 0 Å². The largest absolute Gasteiger partial charge is 0.457 e. The van der Waals surface area contributed by atoms with Gasteiger partial charge in [0.1, 0.15) is 17.2 Å². The van der Waals surface area contributed by atoms with Crippen molar-refractivity contribution in [2.75, 3.05) is 13.1 Å². The van der Waals surface area contributed by atoms with E-state index in [0.717, 1.165) is 37.1 Å². The van der Waals surface area contributed by atoms with Gasteiger partial charge in [-0.1, -0.05) is 49.4 Å². The zero-order valence-electron chi connectivity index (χ0n) is 20.6. The van der Waals surface area contributed by atoms with Crippen molar-refractivity contribution in [3.8, 4) is 33.9 Å². The van der Waals surface area contributed by atoms with Crippen LogP contribution in [0.1, 0.15) is 30.1 Å². The van der Waals surface area contributed by atoms with Crippen LogP contribution < -0.4 is 10.3 Å². The molecular formula is C30H29N3O3. The number of benzene rings is 3. The van der Waals surface area contributed by atoms with Crippen LogP contribution in [0.4, 0.5) is 0 Å². The Hall–Kier alpha value is -4.19. The normalized spacial score (nSPS) is 14.0. The summed E-state index contributed by atoms with van der Waals surface area (Å²) in [7, 11) is 1.63. The lowest BCUT2D eigenvalue weighted by atomic mass is 9.96. The summed E-state index contributed by atoms with van der Waals surface area (Å²) in [6, 6.07) is 26.2. The topological polar surface area (TPSA) is 64.4 Å². The van der Waals surface area contributed by atoms with Crippen LogP contribution in [0, 0.1) is 5.92 Å². The third kappa shape index (κ3) is 4.93. The predicted molar refractivity (Wildman–Crippen MR) is 141 cm³/mol. The highest BCUT2D eigenvalue weighted by Crippen LogP contribution is 2.37. The molecule has 4 aromatic rings. The number of aryl methyl sites for hydroxylation is 1. The molecule has 182 valence electrons. The van der Waals surface area contributed by atoms with Gasteiger partial charge in [0.25, 0.3) is 11.5 Å². The zero-order valence-corrected chi connectivity index (χ0v) is 20.6. The highest BCUT2D eigenvalue weighted by atomic mass is 16.5. The number of ether oxygens (including phenoxy) is 1. The minimum absolute atomic E-state index is 0.0231. The standard InChI is InChI=1S/C30H29N3O3/c1-21-15-17-33(18-16-21)30(35)23-10-8-9-22(19-23)26-20-28(34)32(2)31-29(26)25-13-6-7-14-27(25)36-24-11-4-3-5-12-24/h3-14,19-21H,15-18H2,1-2H3. The molecule has 1 aliphatic heterocycles. The fraction of sp³-hybridized carbons (Fsp3) is 0.233. The maximum atomic E-state index is 13.2. The van der Waals surface area contributed by atoms with E-state index in [1.165, 1.54) is 4.68 Å². The van der Waals surface area contributed by atoms with Crippen molar-refractivity contribution >= 4 is 5.91 Å². The molecule has 1 aromatic heterocycles. The molecule has 1 amide bonds. The van der Waals surface area contributed by atoms with Crippen molar-refractivity contribution in [2.45, 2.75) is 19.8 Å².